The van der Waals surface area contributed by atoms with Gasteiger partial charge in [0.2, 0.25) is 0 Å². The molecule has 0 atom stereocenters. The Labute approximate surface area is 117 Å². The summed E-state index contributed by atoms with van der Waals surface area (Å²) in [5, 5.41) is 3.65. The third kappa shape index (κ3) is 4.45. The normalized spacial score (nSPS) is 23.1. The molecular weight excluding hydrogens is 234 g/mol. The Morgan fingerprint density at radius 1 is 1.05 bits per heavy atom. The summed E-state index contributed by atoms with van der Waals surface area (Å²) < 4.78 is 5.60. The molecule has 1 aromatic carbocycles. The number of ether oxygens (including phenoxy) is 1. The summed E-state index contributed by atoms with van der Waals surface area (Å²) in [5.74, 6) is 1.94. The van der Waals surface area contributed by atoms with E-state index in [9.17, 15) is 0 Å². The molecule has 1 N–H and O–H groups in total. The molecule has 0 unspecified atom stereocenters. The van der Waals surface area contributed by atoms with Crippen LogP contribution in [0.25, 0.3) is 0 Å². The minimum absolute atomic E-state index is 0.658. The summed E-state index contributed by atoms with van der Waals surface area (Å²) in [7, 11) is 0. The van der Waals surface area contributed by atoms with Crippen molar-refractivity contribution in [2.24, 2.45) is 5.92 Å². The van der Waals surface area contributed by atoms with E-state index in [2.05, 4.69) is 43.4 Å². The maximum atomic E-state index is 5.60. The number of hydrogen-bond donors (Lipinski definition) is 1. The van der Waals surface area contributed by atoms with Crippen molar-refractivity contribution < 1.29 is 4.74 Å². The summed E-state index contributed by atoms with van der Waals surface area (Å²) in [6, 6.07) is 9.06. The average molecular weight is 261 g/mol. The summed E-state index contributed by atoms with van der Waals surface area (Å²) in [6.45, 7) is 5.24. The maximum Gasteiger partial charge on any atom is 0.119 e. The van der Waals surface area contributed by atoms with Gasteiger partial charge < -0.3 is 10.1 Å². The van der Waals surface area contributed by atoms with Gasteiger partial charge in [-0.2, -0.15) is 0 Å². The van der Waals surface area contributed by atoms with Crippen molar-refractivity contribution in [3.05, 3.63) is 24.3 Å². The van der Waals surface area contributed by atoms with E-state index in [1.165, 1.54) is 37.8 Å². The van der Waals surface area contributed by atoms with Crippen molar-refractivity contribution in [3.63, 3.8) is 0 Å². The van der Waals surface area contributed by atoms with Crippen LogP contribution in [0.1, 0.15) is 52.4 Å². The molecule has 1 fully saturated rings. The van der Waals surface area contributed by atoms with Crippen LogP contribution in [0.5, 0.6) is 5.75 Å². The van der Waals surface area contributed by atoms with E-state index in [0.29, 0.717) is 6.04 Å². The molecule has 0 bridgehead atoms. The van der Waals surface area contributed by atoms with Gasteiger partial charge in [-0.25, -0.2) is 0 Å². The molecule has 1 aliphatic rings. The maximum absolute atomic E-state index is 5.60. The fourth-order valence-corrected chi connectivity index (χ4v) is 2.82. The van der Waals surface area contributed by atoms with Gasteiger partial charge in [0, 0.05) is 11.7 Å². The first-order valence-electron chi connectivity index (χ1n) is 7.81. The second-order valence-corrected chi connectivity index (χ2v) is 5.64. The number of nitrogens with one attached hydrogen (secondary N) is 1. The van der Waals surface area contributed by atoms with Gasteiger partial charge in [0.1, 0.15) is 5.75 Å². The van der Waals surface area contributed by atoms with E-state index < -0.39 is 0 Å². The molecule has 106 valence electrons. The topological polar surface area (TPSA) is 21.3 Å². The SMILES string of the molecule is CCCOc1ccc(NC2CCC(CC)CC2)cc1. The van der Waals surface area contributed by atoms with E-state index >= 15 is 0 Å². The Morgan fingerprint density at radius 3 is 2.32 bits per heavy atom. The Kier molecular flexibility index (Phi) is 5.56. The molecule has 0 spiro atoms. The number of hydrogen-bond acceptors (Lipinski definition) is 2. The van der Waals surface area contributed by atoms with Crippen LogP contribution >= 0.6 is 0 Å². The molecule has 2 rings (SSSR count). The zero-order chi connectivity index (χ0) is 13.5. The zero-order valence-corrected chi connectivity index (χ0v) is 12.3. The highest BCUT2D eigenvalue weighted by atomic mass is 16.5. The highest BCUT2D eigenvalue weighted by Crippen LogP contribution is 2.28. The lowest BCUT2D eigenvalue weighted by atomic mass is 9.84. The largest absolute Gasteiger partial charge is 0.494 e. The second kappa shape index (κ2) is 7.42. The molecule has 0 saturated heterocycles. The van der Waals surface area contributed by atoms with Crippen LogP contribution in [0, 0.1) is 5.92 Å². The van der Waals surface area contributed by atoms with Gasteiger partial charge in [-0.3, -0.25) is 0 Å². The predicted molar refractivity (Wildman–Crippen MR) is 81.9 cm³/mol. The molecule has 1 aliphatic carbocycles. The highest BCUT2D eigenvalue weighted by Gasteiger charge is 2.19. The zero-order valence-electron chi connectivity index (χ0n) is 12.3. The Bertz CT molecular complexity index is 352. The van der Waals surface area contributed by atoms with Crippen LogP contribution in [0.2, 0.25) is 0 Å². The monoisotopic (exact) mass is 261 g/mol. The lowest BCUT2D eigenvalue weighted by Crippen LogP contribution is -2.25. The molecule has 0 aromatic heterocycles. The third-order valence-electron chi connectivity index (χ3n) is 4.12. The van der Waals surface area contributed by atoms with Crippen LogP contribution in [0.15, 0.2) is 24.3 Å². The van der Waals surface area contributed by atoms with Crippen molar-refractivity contribution in [2.45, 2.75) is 58.4 Å². The van der Waals surface area contributed by atoms with Crippen LogP contribution < -0.4 is 10.1 Å². The van der Waals surface area contributed by atoms with Gasteiger partial charge in [-0.15, -0.1) is 0 Å². The molecular formula is C17H27NO. The lowest BCUT2D eigenvalue weighted by molar-refractivity contribution is 0.317. The van der Waals surface area contributed by atoms with Gasteiger partial charge in [0.25, 0.3) is 0 Å². The summed E-state index contributed by atoms with van der Waals surface area (Å²) in [4.78, 5) is 0. The standard InChI is InChI=1S/C17H27NO/c1-3-13-19-17-11-9-16(10-12-17)18-15-7-5-14(4-2)6-8-15/h9-12,14-15,18H,3-8,13H2,1-2H3. The third-order valence-corrected chi connectivity index (χ3v) is 4.12. The quantitative estimate of drug-likeness (QED) is 0.790. The fourth-order valence-electron chi connectivity index (χ4n) is 2.82. The average Bonchev–Trinajstić information content (AvgIpc) is 2.47. The first-order chi connectivity index (χ1) is 9.31. The van der Waals surface area contributed by atoms with Gasteiger partial charge in [-0.1, -0.05) is 20.3 Å². The van der Waals surface area contributed by atoms with Gasteiger partial charge >= 0.3 is 0 Å². The summed E-state index contributed by atoms with van der Waals surface area (Å²) in [5.41, 5.74) is 1.23. The van der Waals surface area contributed by atoms with E-state index in [1.807, 2.05) is 0 Å². The highest BCUT2D eigenvalue weighted by molar-refractivity contribution is 5.47. The molecule has 19 heavy (non-hydrogen) atoms. The minimum Gasteiger partial charge on any atom is -0.494 e. The van der Waals surface area contributed by atoms with E-state index in [4.69, 9.17) is 4.74 Å². The van der Waals surface area contributed by atoms with Crippen molar-refractivity contribution in [1.29, 1.82) is 0 Å². The second-order valence-electron chi connectivity index (χ2n) is 5.64. The first-order valence-corrected chi connectivity index (χ1v) is 7.81. The van der Waals surface area contributed by atoms with Crippen LogP contribution in [-0.4, -0.2) is 12.6 Å². The molecule has 1 aromatic rings. The molecule has 0 amide bonds. The smallest absolute Gasteiger partial charge is 0.119 e. The first kappa shape index (κ1) is 14.2. The predicted octanol–water partition coefficient (Wildman–Crippen LogP) is 4.86. The van der Waals surface area contributed by atoms with Gasteiger partial charge in [-0.05, 0) is 62.3 Å². The Balaban J connectivity index is 1.79. The van der Waals surface area contributed by atoms with Gasteiger partial charge in [0.15, 0.2) is 0 Å². The fraction of sp³-hybridized carbons (Fsp3) is 0.647. The van der Waals surface area contributed by atoms with Crippen LogP contribution in [0.3, 0.4) is 0 Å². The minimum atomic E-state index is 0.658. The number of anilines is 1. The molecule has 2 nitrogen and oxygen atoms in total. The molecule has 0 heterocycles. The van der Waals surface area contributed by atoms with Crippen molar-refractivity contribution in [1.82, 2.24) is 0 Å². The van der Waals surface area contributed by atoms with Crippen molar-refractivity contribution in [2.75, 3.05) is 11.9 Å². The van der Waals surface area contributed by atoms with Crippen molar-refractivity contribution in [3.8, 4) is 5.75 Å². The Morgan fingerprint density at radius 2 is 1.74 bits per heavy atom. The molecule has 0 radical (unpaired) electrons. The molecule has 1 saturated carbocycles. The van der Waals surface area contributed by atoms with E-state index in [1.54, 1.807) is 0 Å². The molecule has 2 heteroatoms. The molecule has 0 aliphatic heterocycles. The van der Waals surface area contributed by atoms with Crippen molar-refractivity contribution >= 4 is 5.69 Å². The number of rotatable bonds is 6. The van der Waals surface area contributed by atoms with Crippen LogP contribution in [0.4, 0.5) is 5.69 Å². The van der Waals surface area contributed by atoms with Gasteiger partial charge in [0.05, 0.1) is 6.61 Å². The summed E-state index contributed by atoms with van der Waals surface area (Å²) in [6.07, 6.45) is 7.79. The lowest BCUT2D eigenvalue weighted by Gasteiger charge is -2.29. The number of benzene rings is 1. The van der Waals surface area contributed by atoms with E-state index in [-0.39, 0.29) is 0 Å². The Hall–Kier alpha value is -1.18. The van der Waals surface area contributed by atoms with Crippen LogP contribution in [-0.2, 0) is 0 Å². The van der Waals surface area contributed by atoms with E-state index in [0.717, 1.165) is 24.7 Å². The summed E-state index contributed by atoms with van der Waals surface area (Å²) >= 11 is 0.